The molecular formula is C43H62BN3O19P3S4+. The highest BCUT2D eigenvalue weighted by Gasteiger charge is 2.46. The average Bonchev–Trinajstić information content (AvgIpc) is 3.80. The molecule has 7 N–H and O–H groups in total. The number of phosphoric acid groups is 3. The van der Waals surface area contributed by atoms with Gasteiger partial charge in [-0.25, -0.2) is 13.7 Å². The molecule has 0 saturated carbocycles. The van der Waals surface area contributed by atoms with Gasteiger partial charge < -0.3 is 39.3 Å². The summed E-state index contributed by atoms with van der Waals surface area (Å²) in [7, 11) is -16.9. The van der Waals surface area contributed by atoms with Crippen molar-refractivity contribution in [1.29, 1.82) is 0 Å². The van der Waals surface area contributed by atoms with Gasteiger partial charge in [-0.15, -0.1) is 0 Å². The van der Waals surface area contributed by atoms with Crippen molar-refractivity contribution in [2.45, 2.75) is 124 Å². The number of allylic oxidation sites excluding steroid dienone is 6. The first-order valence-corrected chi connectivity index (χ1v) is 32.4. The van der Waals surface area contributed by atoms with E-state index in [2.05, 4.69) is 27.9 Å². The summed E-state index contributed by atoms with van der Waals surface area (Å²) in [4.78, 5) is 51.2. The number of benzene rings is 2. The van der Waals surface area contributed by atoms with E-state index in [1.807, 2.05) is 78.8 Å². The highest BCUT2D eigenvalue weighted by Crippen LogP contribution is 2.66. The number of anilines is 1. The minimum Gasteiger partial charge on any atom is -0.380 e. The van der Waals surface area contributed by atoms with Gasteiger partial charge in [0.05, 0.1) is 27.9 Å². The molecule has 3 heterocycles. The first-order chi connectivity index (χ1) is 33.6. The van der Waals surface area contributed by atoms with Gasteiger partial charge in [0, 0.05) is 71.2 Å². The zero-order valence-corrected chi connectivity index (χ0v) is 47.0. The van der Waals surface area contributed by atoms with E-state index >= 15 is 0 Å². The zero-order valence-electron chi connectivity index (χ0n) is 41.1. The molecule has 73 heavy (non-hydrogen) atoms. The summed E-state index contributed by atoms with van der Waals surface area (Å²) in [5, 5.41) is 2.97. The molecule has 22 nitrogen and oxygen atoms in total. The van der Waals surface area contributed by atoms with E-state index in [9.17, 15) is 54.2 Å². The lowest BCUT2D eigenvalue weighted by Gasteiger charge is -2.25. The lowest BCUT2D eigenvalue weighted by molar-refractivity contribution is -0.438. The van der Waals surface area contributed by atoms with Crippen LogP contribution < -0.4 is 10.2 Å². The van der Waals surface area contributed by atoms with Crippen LogP contribution in [0.2, 0.25) is 0 Å². The average molecular weight is 1160 g/mol. The van der Waals surface area contributed by atoms with Crippen molar-refractivity contribution < 1.29 is 91.2 Å². The number of hydrogen-bond donors (Lipinski definition) is 7. The van der Waals surface area contributed by atoms with Gasteiger partial charge in [-0.3, -0.25) is 18.4 Å². The largest absolute Gasteiger partial charge is 0.490 e. The molecule has 1 saturated heterocycles. The zero-order chi connectivity index (χ0) is 54.6. The van der Waals surface area contributed by atoms with Crippen LogP contribution in [0, 0.1) is 0 Å². The first-order valence-electron chi connectivity index (χ1n) is 22.7. The van der Waals surface area contributed by atoms with Crippen LogP contribution in [0.4, 0.5) is 11.4 Å². The molecule has 404 valence electrons. The molecule has 2 radical (unpaired) electrons. The van der Waals surface area contributed by atoms with Crippen LogP contribution in [0.15, 0.2) is 82.3 Å². The number of likely N-dealkylation sites (N-methyl/N-ethyl adjacent to an activating group) is 1. The summed E-state index contributed by atoms with van der Waals surface area (Å²) < 4.78 is 128. The summed E-state index contributed by atoms with van der Waals surface area (Å²) in [6.45, 7) is 14.6. The molecule has 5 rings (SSSR count). The topological polar surface area (TPSA) is 322 Å². The maximum atomic E-state index is 13.0. The van der Waals surface area contributed by atoms with Gasteiger partial charge in [0.2, 0.25) is 11.6 Å². The Kier molecular flexibility index (Phi) is 20.2. The van der Waals surface area contributed by atoms with E-state index in [4.69, 9.17) is 27.1 Å². The number of nitrogens with zero attached hydrogens (tertiary/aromatic N) is 2. The molecule has 30 heteroatoms. The molecule has 1 amide bonds. The number of carbonyl (C=O) groups excluding carboxylic acids is 1. The highest BCUT2D eigenvalue weighted by atomic mass is 33.1. The van der Waals surface area contributed by atoms with Crippen LogP contribution in [0.1, 0.15) is 91.7 Å². The van der Waals surface area contributed by atoms with Crippen molar-refractivity contribution in [3.8, 4) is 0 Å². The van der Waals surface area contributed by atoms with Crippen LogP contribution in [-0.4, -0.2) is 125 Å². The second-order valence-electron chi connectivity index (χ2n) is 18.8. The van der Waals surface area contributed by atoms with Gasteiger partial charge in [-0.1, -0.05) is 53.7 Å². The third-order valence-electron chi connectivity index (χ3n) is 12.0. The number of nitrogens with one attached hydrogen (secondary N) is 1. The minimum absolute atomic E-state index is 0.0944. The fraction of sp³-hybridized carbons (Fsp3) is 0.535. The standard InChI is InChI=1S/C43H61BN3O19P3S4/c1-8-46-33-20-18-29(72(56,57)58)23-31(33)42(4,5)37(46)15-11-9-12-16-38-43(6,7)32-24-30(73(59,60)61)19-21-34(32)47(38)22-14-10-13-17-40(48)45-27-41(2,3)71-70-28-62-35-25-39(44)64-36(35)26-63-68(52,53)66-69(54,55)65-67(49,50)51/h9,11-12,15-16,18-21,23-24,35-36,39H,8,10,13-14,17,22,25-28H2,1-7H3,(H6-,45,48,49,50,51,52,53,54,55,56,57,58,59,60,61)/p+1/t35?,36-,39-/m1/s1. The first kappa shape index (κ1) is 61.4. The van der Waals surface area contributed by atoms with Crippen molar-refractivity contribution in [2.75, 3.05) is 37.1 Å². The van der Waals surface area contributed by atoms with E-state index in [0.29, 0.717) is 38.9 Å². The van der Waals surface area contributed by atoms with E-state index in [1.54, 1.807) is 12.1 Å². The smallest absolute Gasteiger partial charge is 0.380 e. The number of carbonyl (C=O) groups is 1. The molecule has 0 aromatic heterocycles. The van der Waals surface area contributed by atoms with Crippen LogP contribution in [0.25, 0.3) is 0 Å². The third kappa shape index (κ3) is 16.8. The number of ether oxygens (including phenoxy) is 2. The monoisotopic (exact) mass is 1160 g/mol. The molecule has 0 aliphatic carbocycles. The summed E-state index contributed by atoms with van der Waals surface area (Å²) in [6.07, 6.45) is 10.2. The van der Waals surface area contributed by atoms with Crippen molar-refractivity contribution in [3.63, 3.8) is 0 Å². The Labute approximate surface area is 435 Å². The van der Waals surface area contributed by atoms with Gasteiger partial charge in [0.25, 0.3) is 20.2 Å². The van der Waals surface area contributed by atoms with Crippen LogP contribution in [0.5, 0.6) is 0 Å². The van der Waals surface area contributed by atoms with E-state index < -0.39 is 84.1 Å². The summed E-state index contributed by atoms with van der Waals surface area (Å²) in [6, 6.07) is 8.31. The molecule has 3 aliphatic rings. The predicted molar refractivity (Wildman–Crippen MR) is 277 cm³/mol. The van der Waals surface area contributed by atoms with Crippen LogP contribution in [0.3, 0.4) is 0 Å². The Morgan fingerprint density at radius 1 is 0.918 bits per heavy atom. The molecule has 3 unspecified atom stereocenters. The molecule has 3 aliphatic heterocycles. The molecule has 2 aromatic carbocycles. The van der Waals surface area contributed by atoms with E-state index in [1.165, 1.54) is 45.9 Å². The molecule has 0 bridgehead atoms. The molecule has 0 spiro atoms. The Hall–Kier alpha value is -2.49. The number of phosphoric ester groups is 1. The second kappa shape index (κ2) is 24.0. The van der Waals surface area contributed by atoms with Gasteiger partial charge in [0.1, 0.15) is 26.4 Å². The Balaban J connectivity index is 1.13. The van der Waals surface area contributed by atoms with Gasteiger partial charge in [-0.05, 0) is 95.9 Å². The normalized spacial score (nSPS) is 22.3. The van der Waals surface area contributed by atoms with Crippen molar-refractivity contribution in [1.82, 2.24) is 5.32 Å². The summed E-state index contributed by atoms with van der Waals surface area (Å²) in [5.41, 5.74) is 3.72. The number of hydrogen-bond acceptors (Lipinski definition) is 16. The number of amides is 1. The second-order valence-corrected chi connectivity index (χ2v) is 29.1. The minimum atomic E-state index is -5.69. The van der Waals surface area contributed by atoms with Crippen molar-refractivity contribution in [2.24, 2.45) is 0 Å². The molecular weight excluding hydrogens is 1090 g/mol. The van der Waals surface area contributed by atoms with Crippen LogP contribution >= 0.6 is 45.1 Å². The quantitative estimate of drug-likeness (QED) is 0.00717. The van der Waals surface area contributed by atoms with Crippen LogP contribution in [-0.2, 0) is 72.2 Å². The third-order valence-corrected chi connectivity index (χ3v) is 20.5. The Morgan fingerprint density at radius 3 is 2.19 bits per heavy atom. The molecule has 1 fully saturated rings. The van der Waals surface area contributed by atoms with Crippen molar-refractivity contribution in [3.05, 3.63) is 83.6 Å². The number of fused-ring (bicyclic) bond motifs is 2. The maximum Gasteiger partial charge on any atom is 0.490 e. The lowest BCUT2D eigenvalue weighted by Crippen LogP contribution is -2.35. The lowest BCUT2D eigenvalue weighted by atomic mass is 9.81. The summed E-state index contributed by atoms with van der Waals surface area (Å²) in [5.74, 6) is -0.0417. The van der Waals surface area contributed by atoms with Gasteiger partial charge >= 0.3 is 23.5 Å². The van der Waals surface area contributed by atoms with Gasteiger partial charge in [0.15, 0.2) is 5.71 Å². The Morgan fingerprint density at radius 2 is 1.56 bits per heavy atom. The van der Waals surface area contributed by atoms with E-state index in [0.717, 1.165) is 33.9 Å². The van der Waals surface area contributed by atoms with Crippen molar-refractivity contribution >= 4 is 96.1 Å². The highest BCUT2D eigenvalue weighted by molar-refractivity contribution is 8.77. The number of rotatable bonds is 26. The number of unbranched alkanes of at least 4 members (excludes halogenated alkanes) is 2. The molecule has 2 aromatic rings. The van der Waals surface area contributed by atoms with Gasteiger partial charge in [-0.2, -0.15) is 30.0 Å². The fourth-order valence-electron chi connectivity index (χ4n) is 8.57. The maximum absolute atomic E-state index is 13.0. The SMILES string of the molecule is [B][C@H]1CC(OCSSC(C)(C)CNC(=O)CCCCC[N+]2=C(/C=C/C=C/C=C3/N(CC)c4ccc(S(=O)(=O)O)cc4C3(C)C)C(C)(C)c3cc(S(=O)(=O)O)ccc32)[C@@H](COP(=O)(O)OP(=O)(O)OP(=O)(O)O)O1. The Bertz CT molecular complexity index is 2890. The fourth-order valence-corrected chi connectivity index (χ4v) is 14.8. The summed E-state index contributed by atoms with van der Waals surface area (Å²) >= 11 is 0. The predicted octanol–water partition coefficient (Wildman–Crippen LogP) is 7.18. The molecule has 5 atom stereocenters. The van der Waals surface area contributed by atoms with E-state index in [-0.39, 0.29) is 34.5 Å².